The molecule has 0 aliphatic rings. The Labute approximate surface area is 93.6 Å². The van der Waals surface area contributed by atoms with Crippen molar-refractivity contribution in [2.24, 2.45) is 0 Å². The highest BCUT2D eigenvalue weighted by Crippen LogP contribution is 2.18. The van der Waals surface area contributed by atoms with Crippen LogP contribution < -0.4 is 5.32 Å². The molecule has 5 heteroatoms. The van der Waals surface area contributed by atoms with E-state index in [9.17, 15) is 14.5 Å². The number of rotatable bonds is 6. The van der Waals surface area contributed by atoms with Gasteiger partial charge in [0.2, 0.25) is 0 Å². The number of hydrogen-bond donors (Lipinski definition) is 1. The van der Waals surface area contributed by atoms with Crippen molar-refractivity contribution in [1.82, 2.24) is 5.32 Å². The summed E-state index contributed by atoms with van der Waals surface area (Å²) < 4.78 is 11.8. The molecule has 0 fully saturated rings. The zero-order valence-corrected chi connectivity index (χ0v) is 9.20. The second-order valence-electron chi connectivity index (χ2n) is 3.60. The largest absolute Gasteiger partial charge is 0.313 e. The first kappa shape index (κ1) is 12.6. The monoisotopic (exact) mass is 226 g/mol. The van der Waals surface area contributed by atoms with Gasteiger partial charge in [-0.1, -0.05) is 6.07 Å². The second-order valence-corrected chi connectivity index (χ2v) is 3.60. The summed E-state index contributed by atoms with van der Waals surface area (Å²) in [6.07, 6.45) is 0.492. The van der Waals surface area contributed by atoms with E-state index in [1.165, 1.54) is 6.07 Å². The molecule has 1 aromatic rings. The fourth-order valence-corrected chi connectivity index (χ4v) is 1.46. The van der Waals surface area contributed by atoms with Crippen LogP contribution >= 0.6 is 0 Å². The molecule has 0 saturated carbocycles. The van der Waals surface area contributed by atoms with Crippen LogP contribution in [0.2, 0.25) is 0 Å². The molecule has 1 rings (SSSR count). The van der Waals surface area contributed by atoms with Gasteiger partial charge in [-0.05, 0) is 31.5 Å². The van der Waals surface area contributed by atoms with Gasteiger partial charge in [-0.3, -0.25) is 14.5 Å². The van der Waals surface area contributed by atoms with Crippen molar-refractivity contribution in [2.45, 2.75) is 19.9 Å². The number of nitrogens with zero attached hydrogens (tertiary/aromatic N) is 1. The maximum atomic E-state index is 11.8. The molecule has 0 unspecified atom stereocenters. The molecule has 0 aliphatic heterocycles. The summed E-state index contributed by atoms with van der Waals surface area (Å²) in [5.41, 5.74) is 1.75. The van der Waals surface area contributed by atoms with Gasteiger partial charge >= 0.3 is 0 Å². The third-order valence-electron chi connectivity index (χ3n) is 2.27. The summed E-state index contributed by atoms with van der Waals surface area (Å²) in [5.74, 6) is 0. The maximum Gasteiger partial charge on any atom is 0.272 e. The van der Waals surface area contributed by atoms with Gasteiger partial charge < -0.3 is 5.32 Å². The van der Waals surface area contributed by atoms with Gasteiger partial charge in [0.1, 0.15) is 0 Å². The number of nitro groups is 1. The normalized spacial score (nSPS) is 10.4. The molecule has 1 N–H and O–H groups in total. The molecule has 0 aliphatic carbocycles. The molecular weight excluding hydrogens is 211 g/mol. The molecule has 0 spiro atoms. The van der Waals surface area contributed by atoms with Crippen molar-refractivity contribution in [3.63, 3.8) is 0 Å². The summed E-state index contributed by atoms with van der Waals surface area (Å²) >= 11 is 0. The van der Waals surface area contributed by atoms with Crippen molar-refractivity contribution in [2.75, 3.05) is 13.2 Å². The Hall–Kier alpha value is -1.49. The van der Waals surface area contributed by atoms with Crippen LogP contribution in [0.3, 0.4) is 0 Å². The number of aryl methyl sites for hydroxylation is 1. The van der Waals surface area contributed by atoms with Gasteiger partial charge in [-0.15, -0.1) is 0 Å². The van der Waals surface area contributed by atoms with E-state index >= 15 is 0 Å². The SMILES string of the molecule is Cc1cc(CNCCCF)ccc1[N+](=O)[O-]. The van der Waals surface area contributed by atoms with E-state index in [-0.39, 0.29) is 12.4 Å². The van der Waals surface area contributed by atoms with E-state index in [2.05, 4.69) is 5.32 Å². The predicted molar refractivity (Wildman–Crippen MR) is 60.1 cm³/mol. The first-order valence-corrected chi connectivity index (χ1v) is 5.15. The molecule has 1 aromatic carbocycles. The summed E-state index contributed by atoms with van der Waals surface area (Å²) in [7, 11) is 0. The Morgan fingerprint density at radius 3 is 2.81 bits per heavy atom. The fourth-order valence-electron chi connectivity index (χ4n) is 1.46. The van der Waals surface area contributed by atoms with Crippen LogP contribution in [0.1, 0.15) is 17.5 Å². The van der Waals surface area contributed by atoms with Gasteiger partial charge in [0.15, 0.2) is 0 Å². The van der Waals surface area contributed by atoms with E-state index in [1.807, 2.05) is 0 Å². The lowest BCUT2D eigenvalue weighted by Crippen LogP contribution is -2.15. The smallest absolute Gasteiger partial charge is 0.272 e. The Bertz CT molecular complexity index is 369. The van der Waals surface area contributed by atoms with Gasteiger partial charge in [0, 0.05) is 18.2 Å². The van der Waals surface area contributed by atoms with Crippen molar-refractivity contribution in [1.29, 1.82) is 0 Å². The third-order valence-corrected chi connectivity index (χ3v) is 2.27. The quantitative estimate of drug-likeness (QED) is 0.460. The summed E-state index contributed by atoms with van der Waals surface area (Å²) in [5, 5.41) is 13.6. The minimum Gasteiger partial charge on any atom is -0.313 e. The summed E-state index contributed by atoms with van der Waals surface area (Å²) in [4.78, 5) is 10.2. The predicted octanol–water partition coefficient (Wildman–Crippen LogP) is 2.35. The van der Waals surface area contributed by atoms with Crippen molar-refractivity contribution < 1.29 is 9.31 Å². The van der Waals surface area contributed by atoms with Crippen LogP contribution in [0.4, 0.5) is 10.1 Å². The standard InChI is InChI=1S/C11H15FN2O2/c1-9-7-10(8-13-6-2-5-12)3-4-11(9)14(15)16/h3-4,7,13H,2,5-6,8H2,1H3. The van der Waals surface area contributed by atoms with Crippen LogP contribution in [0.15, 0.2) is 18.2 Å². The molecule has 88 valence electrons. The molecule has 16 heavy (non-hydrogen) atoms. The molecule has 0 heterocycles. The molecule has 0 atom stereocenters. The number of hydrogen-bond acceptors (Lipinski definition) is 3. The highest BCUT2D eigenvalue weighted by Gasteiger charge is 2.09. The second kappa shape index (κ2) is 6.17. The highest BCUT2D eigenvalue weighted by molar-refractivity contribution is 5.41. The molecule has 0 aromatic heterocycles. The van der Waals surface area contributed by atoms with Gasteiger partial charge in [0.05, 0.1) is 11.6 Å². The van der Waals surface area contributed by atoms with E-state index in [0.717, 1.165) is 5.56 Å². The van der Waals surface area contributed by atoms with Crippen LogP contribution in [0.5, 0.6) is 0 Å². The van der Waals surface area contributed by atoms with Crippen LogP contribution in [0, 0.1) is 17.0 Å². The van der Waals surface area contributed by atoms with E-state index < -0.39 is 4.92 Å². The number of nitrogens with one attached hydrogen (secondary N) is 1. The Kier molecular flexibility index (Phi) is 4.85. The van der Waals surface area contributed by atoms with Gasteiger partial charge in [0.25, 0.3) is 5.69 Å². The van der Waals surface area contributed by atoms with E-state index in [1.54, 1.807) is 19.1 Å². The average molecular weight is 226 g/mol. The number of nitro benzene ring substituents is 1. The lowest BCUT2D eigenvalue weighted by atomic mass is 10.1. The van der Waals surface area contributed by atoms with Crippen molar-refractivity contribution >= 4 is 5.69 Å². The van der Waals surface area contributed by atoms with Crippen LogP contribution in [-0.4, -0.2) is 18.1 Å². The maximum absolute atomic E-state index is 11.8. The molecule has 0 radical (unpaired) electrons. The Morgan fingerprint density at radius 2 is 2.25 bits per heavy atom. The lowest BCUT2D eigenvalue weighted by molar-refractivity contribution is -0.385. The Morgan fingerprint density at radius 1 is 1.50 bits per heavy atom. The lowest BCUT2D eigenvalue weighted by Gasteiger charge is -2.04. The fraction of sp³-hybridized carbons (Fsp3) is 0.455. The summed E-state index contributed by atoms with van der Waals surface area (Å²) in [6.45, 7) is 2.61. The molecule has 0 amide bonds. The zero-order valence-electron chi connectivity index (χ0n) is 9.20. The Balaban J connectivity index is 2.56. The zero-order chi connectivity index (χ0) is 12.0. The van der Waals surface area contributed by atoms with Gasteiger partial charge in [-0.25, -0.2) is 0 Å². The highest BCUT2D eigenvalue weighted by atomic mass is 19.1. The van der Waals surface area contributed by atoms with Gasteiger partial charge in [-0.2, -0.15) is 0 Å². The minimum absolute atomic E-state index is 0.132. The van der Waals surface area contributed by atoms with E-state index in [0.29, 0.717) is 25.1 Å². The topological polar surface area (TPSA) is 55.2 Å². The molecular formula is C11H15FN2O2. The number of halogens is 1. The minimum atomic E-state index is -0.393. The first-order valence-electron chi connectivity index (χ1n) is 5.15. The average Bonchev–Trinajstić information content (AvgIpc) is 2.24. The van der Waals surface area contributed by atoms with Crippen LogP contribution in [-0.2, 0) is 6.54 Å². The van der Waals surface area contributed by atoms with Crippen molar-refractivity contribution in [3.05, 3.63) is 39.4 Å². The van der Waals surface area contributed by atoms with Crippen molar-refractivity contribution in [3.8, 4) is 0 Å². The molecule has 4 nitrogen and oxygen atoms in total. The van der Waals surface area contributed by atoms with Crippen LogP contribution in [0.25, 0.3) is 0 Å². The summed E-state index contributed by atoms with van der Waals surface area (Å²) in [6, 6.07) is 5.00. The molecule has 0 bridgehead atoms. The number of benzene rings is 1. The third kappa shape index (κ3) is 3.58. The molecule has 0 saturated heterocycles. The van der Waals surface area contributed by atoms with E-state index in [4.69, 9.17) is 0 Å². The number of alkyl halides is 1. The first-order chi connectivity index (χ1) is 7.65.